The van der Waals surface area contributed by atoms with Gasteiger partial charge in [0.1, 0.15) is 6.29 Å². The van der Waals surface area contributed by atoms with Crippen molar-refractivity contribution >= 4 is 6.29 Å². The molecule has 2 atom stereocenters. The molecule has 0 aromatic heterocycles. The molecule has 1 aliphatic carbocycles. The fourth-order valence-electron chi connectivity index (χ4n) is 2.41. The summed E-state index contributed by atoms with van der Waals surface area (Å²) in [5.41, 5.74) is 2.37. The van der Waals surface area contributed by atoms with Crippen LogP contribution in [0.3, 0.4) is 0 Å². The Morgan fingerprint density at radius 3 is 2.67 bits per heavy atom. The first-order valence-corrected chi connectivity index (χ1v) is 5.67. The predicted octanol–water partition coefficient (Wildman–Crippen LogP) is 3.76. The van der Waals surface area contributed by atoms with Gasteiger partial charge >= 0.3 is 0 Å². The van der Waals surface area contributed by atoms with E-state index < -0.39 is 0 Å². The van der Waals surface area contributed by atoms with Crippen LogP contribution in [-0.4, -0.2) is 6.29 Å². The summed E-state index contributed by atoms with van der Waals surface area (Å²) in [7, 11) is 0. The van der Waals surface area contributed by atoms with Crippen LogP contribution >= 0.6 is 0 Å². The van der Waals surface area contributed by atoms with Gasteiger partial charge in [-0.15, -0.1) is 0 Å². The van der Waals surface area contributed by atoms with Crippen LogP contribution in [0.5, 0.6) is 0 Å². The minimum absolute atomic E-state index is 0.241. The highest BCUT2D eigenvalue weighted by molar-refractivity contribution is 5.59. The summed E-state index contributed by atoms with van der Waals surface area (Å²) < 4.78 is 0. The van der Waals surface area contributed by atoms with Crippen molar-refractivity contribution in [2.45, 2.75) is 40.5 Å². The minimum Gasteiger partial charge on any atom is -0.303 e. The molecule has 84 valence electrons. The number of aldehydes is 1. The van der Waals surface area contributed by atoms with Crippen molar-refractivity contribution in [3.63, 3.8) is 0 Å². The Hall–Kier alpha value is -0.850. The maximum atomic E-state index is 11.1. The van der Waals surface area contributed by atoms with Crippen molar-refractivity contribution in [3.05, 3.63) is 23.8 Å². The van der Waals surface area contributed by atoms with Crippen molar-refractivity contribution in [2.75, 3.05) is 0 Å². The van der Waals surface area contributed by atoms with E-state index in [1.807, 2.05) is 13.8 Å². The van der Waals surface area contributed by atoms with E-state index in [1.165, 1.54) is 11.1 Å². The molecule has 0 unspecified atom stereocenters. The number of allylic oxidation sites excluding steroid dienone is 3. The van der Waals surface area contributed by atoms with Crippen LogP contribution in [0.2, 0.25) is 0 Å². The molecule has 0 bridgehead atoms. The van der Waals surface area contributed by atoms with Crippen LogP contribution in [0.4, 0.5) is 0 Å². The van der Waals surface area contributed by atoms with Crippen LogP contribution in [0.15, 0.2) is 23.8 Å². The summed E-state index contributed by atoms with van der Waals surface area (Å²) in [5, 5.41) is 0. The lowest BCUT2D eigenvalue weighted by Gasteiger charge is -2.36. The molecule has 1 heteroatoms. The van der Waals surface area contributed by atoms with Gasteiger partial charge < -0.3 is 4.79 Å². The van der Waals surface area contributed by atoms with E-state index in [9.17, 15) is 4.79 Å². The van der Waals surface area contributed by atoms with E-state index in [2.05, 4.69) is 26.5 Å². The quantitative estimate of drug-likeness (QED) is 0.507. The zero-order valence-electron chi connectivity index (χ0n) is 10.3. The molecule has 1 rings (SSSR count). The van der Waals surface area contributed by atoms with E-state index in [1.54, 1.807) is 0 Å². The highest BCUT2D eigenvalue weighted by Gasteiger charge is 2.34. The van der Waals surface area contributed by atoms with E-state index in [0.717, 1.165) is 19.1 Å². The third-order valence-electron chi connectivity index (χ3n) is 3.69. The maximum Gasteiger partial charge on any atom is 0.126 e. The first kappa shape index (κ1) is 12.2. The van der Waals surface area contributed by atoms with Crippen molar-refractivity contribution in [1.82, 2.24) is 0 Å². The molecule has 0 saturated heterocycles. The fourth-order valence-corrected chi connectivity index (χ4v) is 2.41. The normalized spacial score (nSPS) is 27.1. The Kier molecular flexibility index (Phi) is 3.54. The molecule has 0 aromatic rings. The van der Waals surface area contributed by atoms with Gasteiger partial charge in [-0.05, 0) is 38.5 Å². The zero-order valence-corrected chi connectivity index (χ0v) is 10.3. The number of hydrogen-bond donors (Lipinski definition) is 0. The predicted molar refractivity (Wildman–Crippen MR) is 64.6 cm³/mol. The van der Waals surface area contributed by atoms with Gasteiger partial charge in [0, 0.05) is 5.41 Å². The topological polar surface area (TPSA) is 17.1 Å². The van der Waals surface area contributed by atoms with E-state index >= 15 is 0 Å². The minimum atomic E-state index is -0.241. The van der Waals surface area contributed by atoms with Crippen molar-refractivity contribution in [3.8, 4) is 0 Å². The Bertz CT molecular complexity index is 296. The molecule has 0 amide bonds. The molecule has 0 fully saturated rings. The van der Waals surface area contributed by atoms with Crippen molar-refractivity contribution < 1.29 is 4.79 Å². The smallest absolute Gasteiger partial charge is 0.126 e. The molecule has 0 N–H and O–H groups in total. The third-order valence-corrected chi connectivity index (χ3v) is 3.69. The molecule has 0 saturated carbocycles. The number of carbonyl (C=O) groups is 1. The van der Waals surface area contributed by atoms with E-state index in [4.69, 9.17) is 0 Å². The second-order valence-corrected chi connectivity index (χ2v) is 5.45. The second kappa shape index (κ2) is 4.34. The lowest BCUT2D eigenvalue weighted by molar-refractivity contribution is -0.116. The number of hydrogen-bond acceptors (Lipinski definition) is 1. The maximum absolute atomic E-state index is 11.1. The Balaban J connectivity index is 2.90. The Morgan fingerprint density at radius 2 is 2.20 bits per heavy atom. The third kappa shape index (κ3) is 2.58. The highest BCUT2D eigenvalue weighted by Crippen LogP contribution is 2.41. The largest absolute Gasteiger partial charge is 0.303 e. The van der Waals surface area contributed by atoms with Crippen molar-refractivity contribution in [1.29, 1.82) is 0 Å². The Labute approximate surface area is 93.3 Å². The SMILES string of the molecule is C=C(C)[C@@H]1CC=C(C)[C@@H](C(C)(C)C=O)C1. The highest BCUT2D eigenvalue weighted by atomic mass is 16.1. The molecule has 1 aliphatic rings. The Morgan fingerprint density at radius 1 is 1.60 bits per heavy atom. The van der Waals surface area contributed by atoms with Gasteiger partial charge in [0.05, 0.1) is 0 Å². The molecule has 0 spiro atoms. The van der Waals surface area contributed by atoms with Gasteiger partial charge in [-0.2, -0.15) is 0 Å². The van der Waals surface area contributed by atoms with Crippen LogP contribution in [0, 0.1) is 17.3 Å². The zero-order chi connectivity index (χ0) is 11.6. The molecule has 1 nitrogen and oxygen atoms in total. The monoisotopic (exact) mass is 206 g/mol. The fraction of sp³-hybridized carbons (Fsp3) is 0.643. The molecule has 0 aromatic carbocycles. The molecule has 0 aliphatic heterocycles. The van der Waals surface area contributed by atoms with Crippen LogP contribution < -0.4 is 0 Å². The summed E-state index contributed by atoms with van der Waals surface area (Å²) in [5.74, 6) is 0.934. The molecule has 0 radical (unpaired) electrons. The van der Waals surface area contributed by atoms with Crippen LogP contribution in [-0.2, 0) is 4.79 Å². The summed E-state index contributed by atoms with van der Waals surface area (Å²) in [6.45, 7) is 12.3. The lowest BCUT2D eigenvalue weighted by Crippen LogP contribution is -2.31. The van der Waals surface area contributed by atoms with Gasteiger partial charge in [-0.25, -0.2) is 0 Å². The van der Waals surface area contributed by atoms with E-state index in [-0.39, 0.29) is 5.41 Å². The first-order valence-electron chi connectivity index (χ1n) is 5.67. The summed E-state index contributed by atoms with van der Waals surface area (Å²) in [6, 6.07) is 0. The van der Waals surface area contributed by atoms with Crippen LogP contribution in [0.1, 0.15) is 40.5 Å². The van der Waals surface area contributed by atoms with Crippen molar-refractivity contribution in [2.24, 2.45) is 17.3 Å². The lowest BCUT2D eigenvalue weighted by atomic mass is 9.67. The average molecular weight is 206 g/mol. The number of rotatable bonds is 3. The van der Waals surface area contributed by atoms with Gasteiger partial charge in [0.15, 0.2) is 0 Å². The number of carbonyl (C=O) groups excluding carboxylic acids is 1. The van der Waals surface area contributed by atoms with Gasteiger partial charge in [0.2, 0.25) is 0 Å². The molecular formula is C14H22O. The summed E-state index contributed by atoms with van der Waals surface area (Å²) in [6.07, 6.45) is 5.53. The summed E-state index contributed by atoms with van der Waals surface area (Å²) in [4.78, 5) is 11.1. The van der Waals surface area contributed by atoms with Crippen LogP contribution in [0.25, 0.3) is 0 Å². The van der Waals surface area contributed by atoms with E-state index in [0.29, 0.717) is 11.8 Å². The molecule has 0 heterocycles. The molecule has 15 heavy (non-hydrogen) atoms. The standard InChI is InChI=1S/C14H22O/c1-10(2)12-7-6-11(3)13(8-12)14(4,5)9-15/h6,9,12-13H,1,7-8H2,2-5H3/t12-,13+/m1/s1. The summed E-state index contributed by atoms with van der Waals surface area (Å²) >= 11 is 0. The molecular weight excluding hydrogens is 184 g/mol. The first-order chi connectivity index (χ1) is 6.88. The van der Waals surface area contributed by atoms with Gasteiger partial charge in [0.25, 0.3) is 0 Å². The van der Waals surface area contributed by atoms with Gasteiger partial charge in [-0.1, -0.05) is 37.6 Å². The average Bonchev–Trinajstić information content (AvgIpc) is 2.17. The van der Waals surface area contributed by atoms with Gasteiger partial charge in [-0.3, -0.25) is 0 Å². The second-order valence-electron chi connectivity index (χ2n) is 5.45.